The number of pyridine rings is 1. The minimum atomic E-state index is -0.239. The van der Waals surface area contributed by atoms with E-state index < -0.39 is 0 Å². The first-order chi connectivity index (χ1) is 9.24. The van der Waals surface area contributed by atoms with E-state index in [-0.39, 0.29) is 5.91 Å². The fourth-order valence-corrected chi connectivity index (χ4v) is 1.98. The van der Waals surface area contributed by atoms with Gasteiger partial charge in [-0.3, -0.25) is 4.79 Å². The Balaban J connectivity index is 2.16. The number of anilines is 1. The highest BCUT2D eigenvalue weighted by atomic mass is 79.9. The lowest BCUT2D eigenvalue weighted by Crippen LogP contribution is -2.13. The number of methoxy groups -OCH3 is 1. The lowest BCUT2D eigenvalue weighted by Gasteiger charge is -2.08. The van der Waals surface area contributed by atoms with Crippen LogP contribution in [0, 0.1) is 0 Å². The quantitative estimate of drug-likeness (QED) is 0.880. The summed E-state index contributed by atoms with van der Waals surface area (Å²) in [5, 5.41) is 3.60. The number of hydrogen-bond donors (Lipinski definition) is 1. The minimum absolute atomic E-state index is 0.239. The van der Waals surface area contributed by atoms with Gasteiger partial charge in [-0.1, -0.05) is 28.1 Å². The highest BCUT2D eigenvalue weighted by Crippen LogP contribution is 2.17. The Hall–Kier alpha value is -1.88. The normalized spacial score (nSPS) is 10.0. The van der Waals surface area contributed by atoms with Gasteiger partial charge in [-0.2, -0.15) is 0 Å². The first-order valence-corrected chi connectivity index (χ1v) is 6.82. The van der Waals surface area contributed by atoms with Gasteiger partial charge in [0.15, 0.2) is 0 Å². The van der Waals surface area contributed by atoms with Crippen molar-refractivity contribution in [2.45, 2.75) is 5.33 Å². The fraction of sp³-hybridized carbons (Fsp3) is 0.143. The number of rotatable bonds is 4. The van der Waals surface area contributed by atoms with Crippen LogP contribution in [0.5, 0.6) is 5.88 Å². The van der Waals surface area contributed by atoms with Crippen LogP contribution in [0.4, 0.5) is 5.69 Å². The number of carbonyl (C=O) groups excluding carboxylic acids is 1. The Labute approximate surface area is 119 Å². The molecule has 0 atom stereocenters. The molecule has 1 aromatic carbocycles. The lowest BCUT2D eigenvalue weighted by molar-refractivity contribution is 0.102. The molecule has 1 amide bonds. The third kappa shape index (κ3) is 3.32. The van der Waals surface area contributed by atoms with Gasteiger partial charge in [0, 0.05) is 17.2 Å². The molecule has 2 rings (SSSR count). The van der Waals surface area contributed by atoms with Crippen LogP contribution in [0.3, 0.4) is 0 Å². The molecule has 98 valence electrons. The summed E-state index contributed by atoms with van der Waals surface area (Å²) in [5.74, 6) is 0.0774. The molecule has 0 saturated heterocycles. The van der Waals surface area contributed by atoms with Crippen LogP contribution in [0.15, 0.2) is 42.6 Å². The molecule has 1 aromatic heterocycles. The Morgan fingerprint density at radius 1 is 1.32 bits per heavy atom. The number of hydrogen-bond acceptors (Lipinski definition) is 3. The van der Waals surface area contributed by atoms with Crippen LogP contribution >= 0.6 is 15.9 Å². The predicted octanol–water partition coefficient (Wildman–Crippen LogP) is 3.24. The van der Waals surface area contributed by atoms with E-state index in [9.17, 15) is 4.79 Å². The molecule has 0 spiro atoms. The molecule has 0 unspecified atom stereocenters. The molecular weight excluding hydrogens is 308 g/mol. The van der Waals surface area contributed by atoms with Crippen molar-refractivity contribution in [2.75, 3.05) is 12.4 Å². The molecule has 4 nitrogen and oxygen atoms in total. The monoisotopic (exact) mass is 320 g/mol. The molecule has 0 bridgehead atoms. The molecular formula is C14H13BrN2O2. The second-order valence-corrected chi connectivity index (χ2v) is 4.41. The molecule has 0 radical (unpaired) electrons. The number of ether oxygens (including phenoxy) is 1. The molecule has 2 aromatic rings. The van der Waals surface area contributed by atoms with Crippen LogP contribution in [0.2, 0.25) is 0 Å². The molecule has 1 N–H and O–H groups in total. The van der Waals surface area contributed by atoms with Crippen molar-refractivity contribution >= 4 is 27.5 Å². The molecule has 0 aliphatic rings. The molecule has 0 fully saturated rings. The molecule has 1 heterocycles. The number of nitrogens with one attached hydrogen (secondary N) is 1. The summed E-state index contributed by atoms with van der Waals surface area (Å²) in [5.41, 5.74) is 2.30. The Morgan fingerprint density at radius 3 is 2.68 bits per heavy atom. The van der Waals surface area contributed by atoms with Gasteiger partial charge in [0.25, 0.3) is 5.91 Å². The average molecular weight is 321 g/mol. The first kappa shape index (κ1) is 13.5. The third-order valence-corrected chi connectivity index (χ3v) is 3.22. The van der Waals surface area contributed by atoms with Crippen LogP contribution in [-0.2, 0) is 5.33 Å². The van der Waals surface area contributed by atoms with Crippen LogP contribution in [-0.4, -0.2) is 18.0 Å². The summed E-state index contributed by atoms with van der Waals surface area (Å²) in [6, 6.07) is 11.0. The van der Waals surface area contributed by atoms with Crippen LogP contribution < -0.4 is 10.1 Å². The number of aromatic nitrogens is 1. The van der Waals surface area contributed by atoms with Crippen molar-refractivity contribution in [3.05, 3.63) is 53.7 Å². The van der Waals surface area contributed by atoms with E-state index in [0.717, 1.165) is 16.6 Å². The van der Waals surface area contributed by atoms with Gasteiger partial charge >= 0.3 is 0 Å². The van der Waals surface area contributed by atoms with Gasteiger partial charge in [0.2, 0.25) is 5.88 Å². The fourth-order valence-electron chi connectivity index (χ4n) is 1.60. The highest BCUT2D eigenvalue weighted by molar-refractivity contribution is 9.08. The topological polar surface area (TPSA) is 51.2 Å². The first-order valence-electron chi connectivity index (χ1n) is 5.70. The van der Waals surface area contributed by atoms with Gasteiger partial charge in [-0.05, 0) is 29.8 Å². The zero-order valence-corrected chi connectivity index (χ0v) is 12.0. The van der Waals surface area contributed by atoms with Crippen molar-refractivity contribution < 1.29 is 9.53 Å². The Kier molecular flexibility index (Phi) is 4.52. The summed E-state index contributed by atoms with van der Waals surface area (Å²) in [7, 11) is 1.49. The van der Waals surface area contributed by atoms with Crippen molar-refractivity contribution in [2.24, 2.45) is 0 Å². The summed E-state index contributed by atoms with van der Waals surface area (Å²) >= 11 is 3.38. The summed E-state index contributed by atoms with van der Waals surface area (Å²) in [6.07, 6.45) is 1.58. The number of benzene rings is 1. The standard InChI is InChI=1S/C14H13BrN2O2/c1-19-14-12(3-2-8-16-14)13(18)17-11-6-4-10(9-15)5-7-11/h2-8H,9H2,1H3,(H,17,18). The van der Waals surface area contributed by atoms with Gasteiger partial charge < -0.3 is 10.1 Å². The zero-order chi connectivity index (χ0) is 13.7. The number of nitrogens with zero attached hydrogens (tertiary/aromatic N) is 1. The predicted molar refractivity (Wildman–Crippen MR) is 77.8 cm³/mol. The second kappa shape index (κ2) is 6.33. The summed E-state index contributed by atoms with van der Waals surface area (Å²) < 4.78 is 5.06. The third-order valence-electron chi connectivity index (χ3n) is 2.58. The molecule has 19 heavy (non-hydrogen) atoms. The summed E-state index contributed by atoms with van der Waals surface area (Å²) in [4.78, 5) is 16.1. The number of halogens is 1. The maximum absolute atomic E-state index is 12.1. The largest absolute Gasteiger partial charge is 0.480 e. The lowest BCUT2D eigenvalue weighted by atomic mass is 10.2. The van der Waals surface area contributed by atoms with E-state index >= 15 is 0 Å². The average Bonchev–Trinajstić information content (AvgIpc) is 2.48. The van der Waals surface area contributed by atoms with Crippen LogP contribution in [0.1, 0.15) is 15.9 Å². The van der Waals surface area contributed by atoms with Crippen molar-refractivity contribution in [1.29, 1.82) is 0 Å². The Morgan fingerprint density at radius 2 is 2.05 bits per heavy atom. The maximum Gasteiger partial charge on any atom is 0.261 e. The van der Waals surface area contributed by atoms with E-state index in [1.807, 2.05) is 24.3 Å². The van der Waals surface area contributed by atoms with E-state index in [1.165, 1.54) is 7.11 Å². The van der Waals surface area contributed by atoms with Gasteiger partial charge in [-0.15, -0.1) is 0 Å². The molecule has 5 heteroatoms. The van der Waals surface area contributed by atoms with Crippen molar-refractivity contribution in [3.8, 4) is 5.88 Å². The maximum atomic E-state index is 12.1. The van der Waals surface area contributed by atoms with E-state index in [0.29, 0.717) is 11.4 Å². The SMILES string of the molecule is COc1ncccc1C(=O)Nc1ccc(CBr)cc1. The van der Waals surface area contributed by atoms with E-state index in [4.69, 9.17) is 4.74 Å². The van der Waals surface area contributed by atoms with Gasteiger partial charge in [0.05, 0.1) is 7.11 Å². The zero-order valence-electron chi connectivity index (χ0n) is 10.4. The van der Waals surface area contributed by atoms with E-state index in [2.05, 4.69) is 26.2 Å². The minimum Gasteiger partial charge on any atom is -0.480 e. The van der Waals surface area contributed by atoms with Crippen LogP contribution in [0.25, 0.3) is 0 Å². The van der Waals surface area contributed by atoms with E-state index in [1.54, 1.807) is 18.3 Å². The van der Waals surface area contributed by atoms with Crippen molar-refractivity contribution in [1.82, 2.24) is 4.98 Å². The van der Waals surface area contributed by atoms with Gasteiger partial charge in [0.1, 0.15) is 5.56 Å². The molecule has 0 saturated carbocycles. The Bertz CT molecular complexity index is 570. The van der Waals surface area contributed by atoms with Gasteiger partial charge in [-0.25, -0.2) is 4.98 Å². The smallest absolute Gasteiger partial charge is 0.261 e. The molecule has 0 aliphatic heterocycles. The highest BCUT2D eigenvalue weighted by Gasteiger charge is 2.12. The number of alkyl halides is 1. The number of amides is 1. The summed E-state index contributed by atoms with van der Waals surface area (Å²) in [6.45, 7) is 0. The van der Waals surface area contributed by atoms with Crippen molar-refractivity contribution in [3.63, 3.8) is 0 Å². The second-order valence-electron chi connectivity index (χ2n) is 3.84. The number of carbonyl (C=O) groups is 1. The molecule has 0 aliphatic carbocycles.